The highest BCUT2D eigenvalue weighted by Gasteiger charge is 2.27. The van der Waals surface area contributed by atoms with Gasteiger partial charge in [-0.25, -0.2) is 0 Å². The average molecular weight is 316 g/mol. The summed E-state index contributed by atoms with van der Waals surface area (Å²) < 4.78 is 10.5. The lowest BCUT2D eigenvalue weighted by molar-refractivity contribution is -0.140. The maximum absolute atomic E-state index is 12.6. The second-order valence-electron chi connectivity index (χ2n) is 7.74. The second kappa shape index (κ2) is 9.48. The Hall–Kier alpha value is -0.650. The van der Waals surface area contributed by atoms with Crippen LogP contribution in [0.5, 0.6) is 0 Å². The summed E-state index contributed by atoms with van der Waals surface area (Å²) in [7, 11) is 3.75. The molecule has 0 aliphatic heterocycles. The maximum atomic E-state index is 12.6. The van der Waals surface area contributed by atoms with Crippen molar-refractivity contribution in [2.24, 2.45) is 5.41 Å². The number of carbonyl (C=O) groups is 1. The highest BCUT2D eigenvalue weighted by molar-refractivity contribution is 5.81. The Bertz CT molecular complexity index is 319. The Kier molecular flexibility index (Phi) is 9.20. The number of nitrogens with zero attached hydrogens (tertiary/aromatic N) is 2. The SMILES string of the molecule is COCCOCCN(CCN(C)C(C)(C)C)C(=O)C(C)(C)C. The van der Waals surface area contributed by atoms with E-state index in [2.05, 4.69) is 32.7 Å². The van der Waals surface area contributed by atoms with Gasteiger partial charge in [0.2, 0.25) is 5.91 Å². The van der Waals surface area contributed by atoms with Crippen LogP contribution in [-0.4, -0.2) is 74.9 Å². The van der Waals surface area contributed by atoms with E-state index in [-0.39, 0.29) is 16.9 Å². The van der Waals surface area contributed by atoms with E-state index in [1.807, 2.05) is 25.7 Å². The topological polar surface area (TPSA) is 42.0 Å². The van der Waals surface area contributed by atoms with Crippen molar-refractivity contribution in [2.75, 3.05) is 53.6 Å². The highest BCUT2D eigenvalue weighted by Crippen LogP contribution is 2.18. The fraction of sp³-hybridized carbons (Fsp3) is 0.941. The fourth-order valence-corrected chi connectivity index (χ4v) is 1.81. The number of methoxy groups -OCH3 is 1. The Balaban J connectivity index is 4.50. The standard InChI is InChI=1S/C17H36N2O3/c1-16(2,3)15(20)19(11-12-22-14-13-21-8)10-9-18(7)17(4,5)6/h9-14H2,1-8H3. The first kappa shape index (κ1) is 21.4. The van der Waals surface area contributed by atoms with E-state index in [1.165, 1.54) is 0 Å². The van der Waals surface area contributed by atoms with Gasteiger partial charge in [-0.05, 0) is 27.8 Å². The molecule has 0 N–H and O–H groups in total. The van der Waals surface area contributed by atoms with Gasteiger partial charge in [0.05, 0.1) is 19.8 Å². The molecule has 1 amide bonds. The molecule has 0 fully saturated rings. The number of likely N-dealkylation sites (N-methyl/N-ethyl adjacent to an activating group) is 1. The summed E-state index contributed by atoms with van der Waals surface area (Å²) in [6.45, 7) is 16.3. The average Bonchev–Trinajstić information content (AvgIpc) is 2.38. The summed E-state index contributed by atoms with van der Waals surface area (Å²) in [5.74, 6) is 0.171. The van der Waals surface area contributed by atoms with Crippen molar-refractivity contribution in [2.45, 2.75) is 47.1 Å². The lowest BCUT2D eigenvalue weighted by Gasteiger charge is -2.35. The van der Waals surface area contributed by atoms with Crippen molar-refractivity contribution in [1.29, 1.82) is 0 Å². The Morgan fingerprint density at radius 1 is 0.909 bits per heavy atom. The van der Waals surface area contributed by atoms with Crippen LogP contribution < -0.4 is 0 Å². The fourth-order valence-electron chi connectivity index (χ4n) is 1.81. The van der Waals surface area contributed by atoms with Crippen molar-refractivity contribution >= 4 is 5.91 Å². The molecule has 0 bridgehead atoms. The first-order valence-electron chi connectivity index (χ1n) is 8.07. The molecule has 0 heterocycles. The van der Waals surface area contributed by atoms with E-state index >= 15 is 0 Å². The molecule has 0 spiro atoms. The van der Waals surface area contributed by atoms with E-state index in [0.717, 1.165) is 13.1 Å². The zero-order valence-corrected chi connectivity index (χ0v) is 15.9. The van der Waals surface area contributed by atoms with Crippen molar-refractivity contribution in [1.82, 2.24) is 9.80 Å². The van der Waals surface area contributed by atoms with Gasteiger partial charge < -0.3 is 14.4 Å². The van der Waals surface area contributed by atoms with Crippen molar-refractivity contribution in [3.8, 4) is 0 Å². The van der Waals surface area contributed by atoms with Crippen LogP contribution in [0, 0.1) is 5.41 Å². The molecule has 5 nitrogen and oxygen atoms in total. The minimum atomic E-state index is -0.368. The summed E-state index contributed by atoms with van der Waals surface area (Å²) in [5.41, 5.74) is -0.266. The van der Waals surface area contributed by atoms with Crippen LogP contribution >= 0.6 is 0 Å². The molecule has 0 aliphatic carbocycles. The van der Waals surface area contributed by atoms with Crippen molar-refractivity contribution in [3.63, 3.8) is 0 Å². The van der Waals surface area contributed by atoms with Crippen LogP contribution in [-0.2, 0) is 14.3 Å². The number of carbonyl (C=O) groups excluding carboxylic acids is 1. The van der Waals surface area contributed by atoms with Gasteiger partial charge in [0.25, 0.3) is 0 Å². The van der Waals surface area contributed by atoms with E-state index in [9.17, 15) is 4.79 Å². The number of rotatable bonds is 9. The number of amides is 1. The third kappa shape index (κ3) is 8.71. The minimum Gasteiger partial charge on any atom is -0.382 e. The van der Waals surface area contributed by atoms with Crippen LogP contribution in [0.2, 0.25) is 0 Å². The molecule has 132 valence electrons. The van der Waals surface area contributed by atoms with Gasteiger partial charge in [-0.3, -0.25) is 9.69 Å². The molecular weight excluding hydrogens is 280 g/mol. The summed E-state index contributed by atoms with van der Waals surface area (Å²) in [5, 5.41) is 0. The van der Waals surface area contributed by atoms with Crippen LogP contribution in [0.3, 0.4) is 0 Å². The quantitative estimate of drug-likeness (QED) is 0.612. The zero-order valence-electron chi connectivity index (χ0n) is 15.9. The van der Waals surface area contributed by atoms with E-state index in [0.29, 0.717) is 26.4 Å². The van der Waals surface area contributed by atoms with Gasteiger partial charge in [0.15, 0.2) is 0 Å². The molecule has 5 heteroatoms. The van der Waals surface area contributed by atoms with Crippen LogP contribution in [0.4, 0.5) is 0 Å². The Morgan fingerprint density at radius 3 is 1.95 bits per heavy atom. The lowest BCUT2D eigenvalue weighted by atomic mass is 9.94. The van der Waals surface area contributed by atoms with Gasteiger partial charge in [0.1, 0.15) is 0 Å². The number of hydrogen-bond donors (Lipinski definition) is 0. The molecule has 0 saturated carbocycles. The molecule has 0 radical (unpaired) electrons. The minimum absolute atomic E-state index is 0.103. The smallest absolute Gasteiger partial charge is 0.228 e. The largest absolute Gasteiger partial charge is 0.382 e. The van der Waals surface area contributed by atoms with Crippen molar-refractivity contribution < 1.29 is 14.3 Å². The molecule has 22 heavy (non-hydrogen) atoms. The van der Waals surface area contributed by atoms with Crippen LogP contribution in [0.15, 0.2) is 0 Å². The molecule has 0 rings (SSSR count). The summed E-state index contributed by atoms with van der Waals surface area (Å²) in [6, 6.07) is 0. The number of hydrogen-bond acceptors (Lipinski definition) is 4. The van der Waals surface area contributed by atoms with Crippen molar-refractivity contribution in [3.05, 3.63) is 0 Å². The third-order valence-electron chi connectivity index (χ3n) is 3.72. The summed E-state index contributed by atoms with van der Waals surface area (Å²) in [6.07, 6.45) is 0. The van der Waals surface area contributed by atoms with Crippen LogP contribution in [0.1, 0.15) is 41.5 Å². The number of ether oxygens (including phenoxy) is 2. The van der Waals surface area contributed by atoms with Gasteiger partial charge in [-0.1, -0.05) is 20.8 Å². The van der Waals surface area contributed by atoms with Gasteiger partial charge in [-0.15, -0.1) is 0 Å². The van der Waals surface area contributed by atoms with E-state index in [1.54, 1.807) is 7.11 Å². The predicted octanol–water partition coefficient (Wildman–Crippen LogP) is 2.25. The van der Waals surface area contributed by atoms with Gasteiger partial charge in [0, 0.05) is 37.7 Å². The normalized spacial score (nSPS) is 12.8. The molecule has 0 aromatic carbocycles. The zero-order chi connectivity index (χ0) is 17.4. The highest BCUT2D eigenvalue weighted by atomic mass is 16.5. The monoisotopic (exact) mass is 316 g/mol. The first-order valence-corrected chi connectivity index (χ1v) is 8.07. The maximum Gasteiger partial charge on any atom is 0.228 e. The molecule has 0 unspecified atom stereocenters. The van der Waals surface area contributed by atoms with Gasteiger partial charge in [-0.2, -0.15) is 0 Å². The molecular formula is C17H36N2O3. The molecule has 0 atom stereocenters. The molecule has 0 saturated heterocycles. The first-order chi connectivity index (χ1) is 10.00. The Morgan fingerprint density at radius 2 is 1.50 bits per heavy atom. The molecule has 0 aromatic heterocycles. The summed E-state index contributed by atoms with van der Waals surface area (Å²) in [4.78, 5) is 16.8. The van der Waals surface area contributed by atoms with E-state index < -0.39 is 0 Å². The molecule has 0 aliphatic rings. The lowest BCUT2D eigenvalue weighted by Crippen LogP contribution is -2.47. The summed E-state index contributed by atoms with van der Waals surface area (Å²) >= 11 is 0. The Labute approximate surface area is 136 Å². The van der Waals surface area contributed by atoms with Gasteiger partial charge >= 0.3 is 0 Å². The third-order valence-corrected chi connectivity index (χ3v) is 3.72. The predicted molar refractivity (Wildman–Crippen MR) is 91.1 cm³/mol. The van der Waals surface area contributed by atoms with E-state index in [4.69, 9.17) is 9.47 Å². The second-order valence-corrected chi connectivity index (χ2v) is 7.74. The molecule has 0 aromatic rings. The van der Waals surface area contributed by atoms with Crippen LogP contribution in [0.25, 0.3) is 0 Å².